The van der Waals surface area contributed by atoms with E-state index in [9.17, 15) is 0 Å². The van der Waals surface area contributed by atoms with E-state index in [-0.39, 0.29) is 0 Å². The molecule has 0 aromatic heterocycles. The number of rotatable bonds is 12. The molecule has 0 N–H and O–H groups in total. The Morgan fingerprint density at radius 1 is 0.731 bits per heavy atom. The van der Waals surface area contributed by atoms with Crippen LogP contribution in [0.2, 0.25) is 0 Å². The lowest BCUT2D eigenvalue weighted by molar-refractivity contribution is 0.0146. The lowest BCUT2D eigenvalue weighted by Crippen LogP contribution is -2.23. The molecule has 0 bridgehead atoms. The molecule has 0 unspecified atom stereocenters. The summed E-state index contributed by atoms with van der Waals surface area (Å²) in [6, 6.07) is 0. The van der Waals surface area contributed by atoms with Gasteiger partial charge in [0.25, 0.3) is 0 Å². The van der Waals surface area contributed by atoms with Crippen LogP contribution in [0.25, 0.3) is 0 Å². The molecule has 0 atom stereocenters. The van der Waals surface area contributed by atoms with Gasteiger partial charge in [0, 0.05) is 6.61 Å². The quantitative estimate of drug-likeness (QED) is 0.252. The molecular formula is C25H46O. The Morgan fingerprint density at radius 3 is 1.96 bits per heavy atom. The zero-order valence-electron chi connectivity index (χ0n) is 17.9. The Bertz CT molecular complexity index is 345. The van der Waals surface area contributed by atoms with Crippen LogP contribution < -0.4 is 0 Å². The van der Waals surface area contributed by atoms with Crippen LogP contribution in [-0.4, -0.2) is 12.7 Å². The molecule has 0 spiro atoms. The van der Waals surface area contributed by atoms with Crippen LogP contribution in [-0.2, 0) is 4.74 Å². The van der Waals surface area contributed by atoms with Gasteiger partial charge in [-0.15, -0.1) is 0 Å². The molecule has 2 fully saturated rings. The average molecular weight is 363 g/mol. The Hall–Kier alpha value is -0.300. The summed E-state index contributed by atoms with van der Waals surface area (Å²) in [6.07, 6.45) is 27.8. The minimum Gasteiger partial charge on any atom is -0.378 e. The maximum atomic E-state index is 6.08. The molecule has 0 amide bonds. The number of hydrogen-bond acceptors (Lipinski definition) is 1. The van der Waals surface area contributed by atoms with Crippen molar-refractivity contribution in [2.75, 3.05) is 6.61 Å². The third-order valence-corrected chi connectivity index (χ3v) is 6.90. The molecule has 0 aromatic carbocycles. The van der Waals surface area contributed by atoms with Crippen molar-refractivity contribution in [1.29, 1.82) is 0 Å². The zero-order chi connectivity index (χ0) is 18.5. The fourth-order valence-electron chi connectivity index (χ4n) is 4.94. The summed E-state index contributed by atoms with van der Waals surface area (Å²) >= 11 is 0. The Balaban J connectivity index is 1.50. The molecule has 152 valence electrons. The average Bonchev–Trinajstić information content (AvgIpc) is 2.69. The van der Waals surface area contributed by atoms with Crippen molar-refractivity contribution in [2.45, 2.75) is 123 Å². The van der Waals surface area contributed by atoms with Crippen molar-refractivity contribution in [3.63, 3.8) is 0 Å². The normalized spacial score (nSPS) is 30.1. The molecule has 2 aliphatic rings. The summed E-state index contributed by atoms with van der Waals surface area (Å²) in [5.74, 6) is 2.92. The highest BCUT2D eigenvalue weighted by Gasteiger charge is 2.24. The number of hydrogen-bond donors (Lipinski definition) is 0. The second kappa shape index (κ2) is 13.8. The SMILES string of the molecule is CCCCC=CC1CCC(CCC2CCC(OCCCCC)CC2)CC1. The molecule has 0 aromatic rings. The summed E-state index contributed by atoms with van der Waals surface area (Å²) in [6.45, 7) is 5.55. The molecular weight excluding hydrogens is 316 g/mol. The summed E-state index contributed by atoms with van der Waals surface area (Å²) in [7, 11) is 0. The van der Waals surface area contributed by atoms with Crippen molar-refractivity contribution < 1.29 is 4.74 Å². The van der Waals surface area contributed by atoms with E-state index < -0.39 is 0 Å². The molecule has 0 heterocycles. The number of unbranched alkanes of at least 4 members (excludes halogenated alkanes) is 4. The van der Waals surface area contributed by atoms with E-state index in [0.29, 0.717) is 6.10 Å². The molecule has 2 aliphatic carbocycles. The Morgan fingerprint density at radius 2 is 1.35 bits per heavy atom. The minimum absolute atomic E-state index is 0.582. The molecule has 2 saturated carbocycles. The number of allylic oxidation sites excluding steroid dienone is 2. The van der Waals surface area contributed by atoms with E-state index in [0.717, 1.165) is 24.4 Å². The molecule has 0 radical (unpaired) electrons. The topological polar surface area (TPSA) is 9.23 Å². The zero-order valence-corrected chi connectivity index (χ0v) is 17.9. The molecule has 1 heteroatoms. The van der Waals surface area contributed by atoms with E-state index in [2.05, 4.69) is 26.0 Å². The molecule has 0 saturated heterocycles. The third kappa shape index (κ3) is 9.07. The fourth-order valence-corrected chi connectivity index (χ4v) is 4.94. The lowest BCUT2D eigenvalue weighted by Gasteiger charge is -2.31. The first kappa shape index (κ1) is 22.0. The van der Waals surface area contributed by atoms with E-state index >= 15 is 0 Å². The van der Waals surface area contributed by atoms with Crippen LogP contribution >= 0.6 is 0 Å². The summed E-state index contributed by atoms with van der Waals surface area (Å²) < 4.78 is 6.08. The molecule has 2 rings (SSSR count). The second-order valence-corrected chi connectivity index (χ2v) is 9.15. The molecule has 1 nitrogen and oxygen atoms in total. The van der Waals surface area contributed by atoms with Gasteiger partial charge in [-0.2, -0.15) is 0 Å². The van der Waals surface area contributed by atoms with E-state index in [1.807, 2.05) is 0 Å². The predicted octanol–water partition coefficient (Wildman–Crippen LogP) is 8.09. The maximum Gasteiger partial charge on any atom is 0.0575 e. The maximum absolute atomic E-state index is 6.08. The largest absolute Gasteiger partial charge is 0.378 e. The Labute approximate surface area is 164 Å². The van der Waals surface area contributed by atoms with Crippen LogP contribution in [0, 0.1) is 17.8 Å². The second-order valence-electron chi connectivity index (χ2n) is 9.15. The van der Waals surface area contributed by atoms with E-state index in [1.165, 1.54) is 103 Å². The smallest absolute Gasteiger partial charge is 0.0575 e. The van der Waals surface area contributed by atoms with Gasteiger partial charge < -0.3 is 4.74 Å². The first-order valence-electron chi connectivity index (χ1n) is 12.1. The standard InChI is InChI=1S/C25H46O/c1-3-5-7-8-10-22-11-13-23(14-12-22)15-16-24-17-19-25(20-18-24)26-21-9-6-4-2/h8,10,22-25H,3-7,9,11-21H2,1-2H3. The highest BCUT2D eigenvalue weighted by molar-refractivity contribution is 4.91. The fraction of sp³-hybridized carbons (Fsp3) is 0.920. The van der Waals surface area contributed by atoms with Crippen LogP contribution in [0.4, 0.5) is 0 Å². The van der Waals surface area contributed by atoms with Gasteiger partial charge in [0.2, 0.25) is 0 Å². The van der Waals surface area contributed by atoms with Gasteiger partial charge in [0.15, 0.2) is 0 Å². The minimum atomic E-state index is 0.582. The molecule has 26 heavy (non-hydrogen) atoms. The van der Waals surface area contributed by atoms with Crippen molar-refractivity contribution in [1.82, 2.24) is 0 Å². The Kier molecular flexibility index (Phi) is 11.7. The van der Waals surface area contributed by atoms with Crippen LogP contribution in [0.3, 0.4) is 0 Å². The van der Waals surface area contributed by atoms with Crippen LogP contribution in [0.15, 0.2) is 12.2 Å². The van der Waals surface area contributed by atoms with Gasteiger partial charge >= 0.3 is 0 Å². The van der Waals surface area contributed by atoms with Gasteiger partial charge in [0.1, 0.15) is 0 Å². The van der Waals surface area contributed by atoms with Crippen molar-refractivity contribution >= 4 is 0 Å². The summed E-state index contributed by atoms with van der Waals surface area (Å²) in [4.78, 5) is 0. The monoisotopic (exact) mass is 362 g/mol. The van der Waals surface area contributed by atoms with Crippen molar-refractivity contribution in [3.05, 3.63) is 12.2 Å². The van der Waals surface area contributed by atoms with Gasteiger partial charge in [-0.25, -0.2) is 0 Å². The third-order valence-electron chi connectivity index (χ3n) is 6.90. The highest BCUT2D eigenvalue weighted by Crippen LogP contribution is 2.36. The lowest BCUT2D eigenvalue weighted by atomic mass is 9.77. The predicted molar refractivity (Wildman–Crippen MR) is 115 cm³/mol. The first-order valence-corrected chi connectivity index (χ1v) is 12.1. The molecule has 0 aliphatic heterocycles. The van der Waals surface area contributed by atoms with Gasteiger partial charge in [0.05, 0.1) is 6.10 Å². The van der Waals surface area contributed by atoms with Gasteiger partial charge in [-0.1, -0.05) is 64.5 Å². The summed E-state index contributed by atoms with van der Waals surface area (Å²) in [5, 5.41) is 0. The van der Waals surface area contributed by atoms with Gasteiger partial charge in [-0.05, 0) is 82.0 Å². The van der Waals surface area contributed by atoms with Gasteiger partial charge in [-0.3, -0.25) is 0 Å². The van der Waals surface area contributed by atoms with Crippen molar-refractivity contribution in [3.8, 4) is 0 Å². The van der Waals surface area contributed by atoms with Crippen molar-refractivity contribution in [2.24, 2.45) is 17.8 Å². The van der Waals surface area contributed by atoms with Crippen LogP contribution in [0.5, 0.6) is 0 Å². The highest BCUT2D eigenvalue weighted by atomic mass is 16.5. The van der Waals surface area contributed by atoms with Crippen LogP contribution in [0.1, 0.15) is 117 Å². The van der Waals surface area contributed by atoms with E-state index in [4.69, 9.17) is 4.74 Å². The number of ether oxygens (including phenoxy) is 1. The first-order chi connectivity index (χ1) is 12.8. The summed E-state index contributed by atoms with van der Waals surface area (Å²) in [5.41, 5.74) is 0. The van der Waals surface area contributed by atoms with E-state index in [1.54, 1.807) is 0 Å².